The molecule has 0 amide bonds. The number of hydrogen-bond donors (Lipinski definition) is 1. The lowest BCUT2D eigenvalue weighted by Gasteiger charge is -2.66. The number of fused-ring (bicyclic) bond motifs is 4. The van der Waals surface area contributed by atoms with Gasteiger partial charge in [0.2, 0.25) is 0 Å². The Hall–Kier alpha value is -2.53. The molecule has 10 heteroatoms. The fourth-order valence-corrected chi connectivity index (χ4v) is 10.4. The van der Waals surface area contributed by atoms with E-state index in [-0.39, 0.29) is 43.4 Å². The summed E-state index contributed by atoms with van der Waals surface area (Å²) in [4.78, 5) is 38.7. The Balaban J connectivity index is 1.58. The molecule has 2 saturated carbocycles. The first kappa shape index (κ1) is 32.4. The highest BCUT2D eigenvalue weighted by molar-refractivity contribution is 5.92. The van der Waals surface area contributed by atoms with Crippen molar-refractivity contribution >= 4 is 17.9 Å². The fourth-order valence-electron chi connectivity index (χ4n) is 10.4. The number of rotatable bonds is 6. The van der Waals surface area contributed by atoms with Crippen molar-refractivity contribution in [3.05, 3.63) is 34.4 Å². The Morgan fingerprint density at radius 2 is 1.87 bits per heavy atom. The van der Waals surface area contributed by atoms with E-state index in [0.717, 1.165) is 11.1 Å². The van der Waals surface area contributed by atoms with E-state index in [2.05, 4.69) is 20.8 Å². The third-order valence-corrected chi connectivity index (χ3v) is 12.4. The molecule has 3 aliphatic carbocycles. The standard InChI is InChI=1S/C35H48O10/c1-9-17(3)31(38)45-30-28-29-33(6,16-42-28)25(43-19(5)36)15-24(37)34(29,7)23-14-26(40-10-2)44-22-13-21(20-11-12-41-32(20)39)18(4)27(22)35(23,30)8/h9,11,21-26,28-30,37H,10,12-16H2,1-8H3. The van der Waals surface area contributed by atoms with Crippen molar-refractivity contribution in [2.75, 3.05) is 19.8 Å². The van der Waals surface area contributed by atoms with E-state index in [4.69, 9.17) is 28.4 Å². The number of carbonyl (C=O) groups excluding carboxylic acids is 3. The van der Waals surface area contributed by atoms with Gasteiger partial charge in [0.1, 0.15) is 18.8 Å². The summed E-state index contributed by atoms with van der Waals surface area (Å²) in [5.74, 6) is -2.00. The first-order valence-electron chi connectivity index (χ1n) is 16.4. The van der Waals surface area contributed by atoms with Crippen LogP contribution in [0.1, 0.15) is 74.7 Å². The lowest BCUT2D eigenvalue weighted by molar-refractivity contribution is -0.259. The molecule has 6 rings (SSSR count). The summed E-state index contributed by atoms with van der Waals surface area (Å²) < 4.78 is 37.5. The molecule has 6 aliphatic rings. The van der Waals surface area contributed by atoms with Gasteiger partial charge in [0.25, 0.3) is 0 Å². The van der Waals surface area contributed by atoms with Crippen LogP contribution in [-0.2, 0) is 42.8 Å². The average Bonchev–Trinajstić information content (AvgIpc) is 3.64. The van der Waals surface area contributed by atoms with Gasteiger partial charge in [-0.1, -0.05) is 32.4 Å². The van der Waals surface area contributed by atoms with Crippen molar-refractivity contribution in [3.8, 4) is 0 Å². The number of ether oxygens (including phenoxy) is 6. The molecule has 3 aliphatic heterocycles. The SMILES string of the molecule is CC=C(C)C(=O)OC1C2OCC3(C)C(OC(C)=O)CC(O)C(C)(C23)C2CC(OCC)OC3CC(C4=CCOC4=O)C(C)=C3C12C. The summed E-state index contributed by atoms with van der Waals surface area (Å²) in [5.41, 5.74) is 0.803. The predicted octanol–water partition coefficient (Wildman–Crippen LogP) is 4.20. The smallest absolute Gasteiger partial charge is 0.334 e. The maximum Gasteiger partial charge on any atom is 0.334 e. The minimum atomic E-state index is -0.863. The van der Waals surface area contributed by atoms with Crippen molar-refractivity contribution in [1.82, 2.24) is 0 Å². The molecule has 0 radical (unpaired) electrons. The van der Waals surface area contributed by atoms with E-state index in [1.54, 1.807) is 19.9 Å². The van der Waals surface area contributed by atoms with Gasteiger partial charge < -0.3 is 33.5 Å². The van der Waals surface area contributed by atoms with Gasteiger partial charge in [-0.15, -0.1) is 0 Å². The zero-order valence-electron chi connectivity index (χ0n) is 27.7. The Labute approximate surface area is 265 Å². The molecular formula is C35H48O10. The summed E-state index contributed by atoms with van der Waals surface area (Å²) >= 11 is 0. The Morgan fingerprint density at radius 1 is 1.13 bits per heavy atom. The monoisotopic (exact) mass is 628 g/mol. The van der Waals surface area contributed by atoms with Gasteiger partial charge in [-0.3, -0.25) is 4.79 Å². The maximum absolute atomic E-state index is 13.7. The van der Waals surface area contributed by atoms with Gasteiger partial charge in [-0.2, -0.15) is 0 Å². The Bertz CT molecular complexity index is 1360. The van der Waals surface area contributed by atoms with Crippen LogP contribution in [0.15, 0.2) is 34.4 Å². The van der Waals surface area contributed by atoms with E-state index in [9.17, 15) is 19.5 Å². The summed E-state index contributed by atoms with van der Waals surface area (Å²) in [7, 11) is 0. The van der Waals surface area contributed by atoms with E-state index < -0.39 is 65.0 Å². The molecule has 0 aromatic rings. The van der Waals surface area contributed by atoms with Crippen LogP contribution in [0.3, 0.4) is 0 Å². The zero-order chi connectivity index (χ0) is 32.6. The van der Waals surface area contributed by atoms with Crippen LogP contribution in [0.5, 0.6) is 0 Å². The molecule has 12 unspecified atom stereocenters. The minimum Gasteiger partial charge on any atom is -0.462 e. The van der Waals surface area contributed by atoms with Crippen LogP contribution < -0.4 is 0 Å². The van der Waals surface area contributed by atoms with E-state index in [0.29, 0.717) is 30.6 Å². The summed E-state index contributed by atoms with van der Waals surface area (Å²) in [5, 5.41) is 12.2. The molecule has 3 heterocycles. The number of aliphatic hydroxyl groups is 1. The second-order valence-electron chi connectivity index (χ2n) is 14.5. The summed E-state index contributed by atoms with van der Waals surface area (Å²) in [6.07, 6.45) is 1.04. The van der Waals surface area contributed by atoms with E-state index in [1.807, 2.05) is 19.9 Å². The van der Waals surface area contributed by atoms with Gasteiger partial charge in [0.05, 0.1) is 24.9 Å². The third kappa shape index (κ3) is 4.60. The molecular weight excluding hydrogens is 580 g/mol. The summed E-state index contributed by atoms with van der Waals surface area (Å²) in [6.45, 7) is 16.2. The van der Waals surface area contributed by atoms with Crippen LogP contribution in [0.4, 0.5) is 0 Å². The molecule has 45 heavy (non-hydrogen) atoms. The molecule has 0 aromatic carbocycles. The normalized spacial score (nSPS) is 45.6. The number of hydrogen-bond acceptors (Lipinski definition) is 10. The van der Waals surface area contributed by atoms with Crippen LogP contribution in [0.2, 0.25) is 0 Å². The van der Waals surface area contributed by atoms with Gasteiger partial charge in [0, 0.05) is 65.6 Å². The van der Waals surface area contributed by atoms with Gasteiger partial charge >= 0.3 is 17.9 Å². The van der Waals surface area contributed by atoms with Crippen molar-refractivity contribution in [1.29, 1.82) is 0 Å². The molecule has 2 saturated heterocycles. The second-order valence-corrected chi connectivity index (χ2v) is 14.5. The topological polar surface area (TPSA) is 127 Å². The van der Waals surface area contributed by atoms with Crippen molar-refractivity contribution < 1.29 is 47.9 Å². The number of cyclic esters (lactones) is 1. The third-order valence-electron chi connectivity index (χ3n) is 12.4. The van der Waals surface area contributed by atoms with Crippen molar-refractivity contribution in [3.63, 3.8) is 0 Å². The molecule has 248 valence electrons. The van der Waals surface area contributed by atoms with E-state index >= 15 is 0 Å². The van der Waals surface area contributed by atoms with Crippen LogP contribution in [-0.4, -0.2) is 79.6 Å². The molecule has 0 aromatic heterocycles. The predicted molar refractivity (Wildman–Crippen MR) is 161 cm³/mol. The minimum absolute atomic E-state index is 0.226. The first-order chi connectivity index (χ1) is 21.2. The fraction of sp³-hybridized carbons (Fsp3) is 0.743. The molecule has 10 nitrogen and oxygen atoms in total. The molecule has 1 N–H and O–H groups in total. The van der Waals surface area contributed by atoms with Gasteiger partial charge in [0.15, 0.2) is 6.29 Å². The highest BCUT2D eigenvalue weighted by Gasteiger charge is 2.77. The quantitative estimate of drug-likeness (QED) is 0.198. The van der Waals surface area contributed by atoms with Crippen molar-refractivity contribution in [2.24, 2.45) is 34.0 Å². The van der Waals surface area contributed by atoms with Gasteiger partial charge in [-0.05, 0) is 51.7 Å². The summed E-state index contributed by atoms with van der Waals surface area (Å²) in [6, 6.07) is 0. The molecule has 12 atom stereocenters. The Morgan fingerprint density at radius 3 is 2.49 bits per heavy atom. The highest BCUT2D eigenvalue weighted by Crippen LogP contribution is 2.72. The molecule has 0 bridgehead atoms. The molecule has 0 spiro atoms. The van der Waals surface area contributed by atoms with Crippen LogP contribution in [0, 0.1) is 34.0 Å². The lowest BCUT2D eigenvalue weighted by atomic mass is 9.39. The van der Waals surface area contributed by atoms with Crippen LogP contribution in [0.25, 0.3) is 0 Å². The van der Waals surface area contributed by atoms with Crippen molar-refractivity contribution in [2.45, 2.75) is 111 Å². The maximum atomic E-state index is 13.7. The largest absolute Gasteiger partial charge is 0.462 e. The second kappa shape index (κ2) is 11.3. The lowest BCUT2D eigenvalue weighted by Crippen LogP contribution is -2.72. The number of aliphatic hydroxyl groups excluding tert-OH is 1. The number of carbonyl (C=O) groups is 3. The number of allylic oxidation sites excluding steroid dienone is 2. The highest BCUT2D eigenvalue weighted by atomic mass is 16.7. The Kier molecular flexibility index (Phi) is 8.15. The van der Waals surface area contributed by atoms with E-state index in [1.165, 1.54) is 6.92 Å². The van der Waals surface area contributed by atoms with Crippen LogP contribution >= 0.6 is 0 Å². The molecule has 4 fully saturated rings. The average molecular weight is 629 g/mol. The van der Waals surface area contributed by atoms with Gasteiger partial charge in [-0.25, -0.2) is 9.59 Å². The number of esters is 3. The first-order valence-corrected chi connectivity index (χ1v) is 16.4. The zero-order valence-corrected chi connectivity index (χ0v) is 27.7.